The molecule has 0 spiro atoms. The topological polar surface area (TPSA) is 84.0 Å². The Hall–Kier alpha value is -1.64. The van der Waals surface area contributed by atoms with Crippen molar-refractivity contribution < 1.29 is 9.59 Å². The molecule has 0 radical (unpaired) electrons. The van der Waals surface area contributed by atoms with Gasteiger partial charge in [0.1, 0.15) is 6.04 Å². The molecule has 0 aliphatic rings. The Labute approximate surface area is 159 Å². The molecule has 2 rings (SSSR count). The van der Waals surface area contributed by atoms with Crippen LogP contribution in [0.5, 0.6) is 0 Å². The van der Waals surface area contributed by atoms with E-state index in [9.17, 15) is 9.59 Å². The van der Waals surface area contributed by atoms with E-state index in [1.807, 2.05) is 20.8 Å². The van der Waals surface area contributed by atoms with E-state index >= 15 is 0 Å². The van der Waals surface area contributed by atoms with Gasteiger partial charge in [0, 0.05) is 0 Å². The fraction of sp³-hybridized carbons (Fsp3) is 0.375. The molecule has 0 aliphatic carbocycles. The molecule has 0 saturated heterocycles. The number of rotatable bonds is 7. The number of carbonyl (C=O) groups excluding carboxylic acids is 2. The molecule has 2 N–H and O–H groups in total. The zero-order valence-corrected chi connectivity index (χ0v) is 16.5. The summed E-state index contributed by atoms with van der Waals surface area (Å²) in [6.07, 6.45) is 0. The molecule has 6 nitrogen and oxygen atoms in total. The van der Waals surface area contributed by atoms with Gasteiger partial charge in [-0.05, 0) is 23.8 Å². The molecule has 9 heteroatoms. The lowest BCUT2D eigenvalue weighted by atomic mass is 10.0. The number of benzene rings is 1. The van der Waals surface area contributed by atoms with Gasteiger partial charge in [-0.2, -0.15) is 0 Å². The molecule has 2 amide bonds. The summed E-state index contributed by atoms with van der Waals surface area (Å²) in [5, 5.41) is 14.2. The van der Waals surface area contributed by atoms with Crippen LogP contribution < -0.4 is 10.6 Å². The van der Waals surface area contributed by atoms with E-state index < -0.39 is 6.04 Å². The fourth-order valence-corrected chi connectivity index (χ4v) is 3.90. The van der Waals surface area contributed by atoms with Crippen molar-refractivity contribution in [2.75, 3.05) is 11.1 Å². The van der Waals surface area contributed by atoms with Gasteiger partial charge in [-0.15, -0.1) is 10.2 Å². The van der Waals surface area contributed by atoms with Gasteiger partial charge >= 0.3 is 0 Å². The van der Waals surface area contributed by atoms with Crippen LogP contribution in [-0.2, 0) is 4.79 Å². The maximum absolute atomic E-state index is 12.5. The average Bonchev–Trinajstić information content (AvgIpc) is 2.99. The molecule has 1 atom stereocenters. The van der Waals surface area contributed by atoms with E-state index in [1.54, 1.807) is 36.0 Å². The summed E-state index contributed by atoms with van der Waals surface area (Å²) in [6, 6.07) is 6.00. The summed E-state index contributed by atoms with van der Waals surface area (Å²) in [6.45, 7) is 5.73. The third kappa shape index (κ3) is 5.42. The van der Waals surface area contributed by atoms with Gasteiger partial charge in [0.15, 0.2) is 4.34 Å². The molecule has 1 heterocycles. The highest BCUT2D eigenvalue weighted by Gasteiger charge is 2.26. The number of hydrogen-bond acceptors (Lipinski definition) is 6. The van der Waals surface area contributed by atoms with Crippen molar-refractivity contribution in [3.05, 3.63) is 34.9 Å². The summed E-state index contributed by atoms with van der Waals surface area (Å²) < 4.78 is 0.791. The van der Waals surface area contributed by atoms with E-state index in [0.29, 0.717) is 15.7 Å². The normalized spacial score (nSPS) is 12.0. The van der Waals surface area contributed by atoms with Gasteiger partial charge in [-0.3, -0.25) is 14.9 Å². The number of thioether (sulfide) groups is 1. The van der Waals surface area contributed by atoms with Gasteiger partial charge in [0.05, 0.1) is 10.6 Å². The number of aromatic nitrogens is 2. The van der Waals surface area contributed by atoms with Gasteiger partial charge in [-0.25, -0.2) is 0 Å². The maximum Gasteiger partial charge on any atom is 0.253 e. The van der Waals surface area contributed by atoms with Crippen LogP contribution in [0, 0.1) is 5.92 Å². The first-order valence-electron chi connectivity index (χ1n) is 7.75. The number of halogens is 1. The largest absolute Gasteiger partial charge is 0.340 e. The van der Waals surface area contributed by atoms with Crippen molar-refractivity contribution in [3.8, 4) is 0 Å². The summed E-state index contributed by atoms with van der Waals surface area (Å²) in [5.74, 6) is 0.0489. The monoisotopic (exact) mass is 398 g/mol. The highest BCUT2D eigenvalue weighted by atomic mass is 35.5. The van der Waals surface area contributed by atoms with E-state index in [4.69, 9.17) is 11.6 Å². The highest BCUT2D eigenvalue weighted by Crippen LogP contribution is 2.25. The molecule has 0 aliphatic heterocycles. The summed E-state index contributed by atoms with van der Waals surface area (Å²) in [5.41, 5.74) is 0.333. The Morgan fingerprint density at radius 3 is 2.64 bits per heavy atom. The lowest BCUT2D eigenvalue weighted by Gasteiger charge is -2.21. The quantitative estimate of drug-likeness (QED) is 0.548. The Morgan fingerprint density at radius 1 is 1.28 bits per heavy atom. The highest BCUT2D eigenvalue weighted by molar-refractivity contribution is 8.01. The first-order chi connectivity index (χ1) is 11.9. The zero-order chi connectivity index (χ0) is 18.4. The molecule has 2 aromatic rings. The standard InChI is InChI=1S/C16H19ClN4O2S2/c1-4-24-16-21-20-15(25-16)19-14(23)12(9(2)3)18-13(22)10-7-5-6-8-11(10)17/h5-9,12H,4H2,1-3H3,(H,18,22)(H,19,20,23)/t12-/m0/s1. The van der Waals surface area contributed by atoms with Crippen LogP contribution in [0.15, 0.2) is 28.6 Å². The molecule has 1 aromatic heterocycles. The lowest BCUT2D eigenvalue weighted by Crippen LogP contribution is -2.47. The number of hydrogen-bond donors (Lipinski definition) is 2. The van der Waals surface area contributed by atoms with Crippen molar-refractivity contribution in [3.63, 3.8) is 0 Å². The van der Waals surface area contributed by atoms with Crippen molar-refractivity contribution in [2.45, 2.75) is 31.2 Å². The van der Waals surface area contributed by atoms with Crippen LogP contribution in [0.3, 0.4) is 0 Å². The number of nitrogens with one attached hydrogen (secondary N) is 2. The molecule has 0 saturated carbocycles. The molecular formula is C16H19ClN4O2S2. The minimum Gasteiger partial charge on any atom is -0.340 e. The van der Waals surface area contributed by atoms with Gasteiger partial charge < -0.3 is 5.32 Å². The van der Waals surface area contributed by atoms with E-state index in [-0.39, 0.29) is 17.7 Å². The number of carbonyl (C=O) groups is 2. The lowest BCUT2D eigenvalue weighted by molar-refractivity contribution is -0.118. The second-order valence-corrected chi connectivity index (χ2v) is 8.37. The molecule has 0 fully saturated rings. The van der Waals surface area contributed by atoms with E-state index in [0.717, 1.165) is 10.1 Å². The van der Waals surface area contributed by atoms with Gasteiger partial charge in [0.2, 0.25) is 11.0 Å². The minimum absolute atomic E-state index is 0.108. The maximum atomic E-state index is 12.5. The third-order valence-electron chi connectivity index (χ3n) is 3.26. The van der Waals surface area contributed by atoms with Crippen LogP contribution in [-0.4, -0.2) is 33.8 Å². The second-order valence-electron chi connectivity index (χ2n) is 5.47. The second kappa shape index (κ2) is 9.17. The number of amides is 2. The molecule has 25 heavy (non-hydrogen) atoms. The van der Waals surface area contributed by atoms with Gasteiger partial charge in [0.25, 0.3) is 5.91 Å². The molecular weight excluding hydrogens is 380 g/mol. The predicted molar refractivity (Wildman–Crippen MR) is 102 cm³/mol. The Morgan fingerprint density at radius 2 is 2.00 bits per heavy atom. The minimum atomic E-state index is -0.713. The summed E-state index contributed by atoms with van der Waals surface area (Å²) in [4.78, 5) is 25.0. The fourth-order valence-electron chi connectivity index (χ4n) is 2.02. The number of anilines is 1. The molecule has 1 aromatic carbocycles. The van der Waals surface area contributed by atoms with Crippen LogP contribution >= 0.6 is 34.7 Å². The summed E-state index contributed by atoms with van der Waals surface area (Å²) in [7, 11) is 0. The predicted octanol–water partition coefficient (Wildman–Crippen LogP) is 3.70. The zero-order valence-electron chi connectivity index (χ0n) is 14.1. The molecule has 0 unspecified atom stereocenters. The Bertz CT molecular complexity index is 751. The van der Waals surface area contributed by atoms with Crippen LogP contribution in [0.2, 0.25) is 5.02 Å². The van der Waals surface area contributed by atoms with E-state index in [2.05, 4.69) is 20.8 Å². The van der Waals surface area contributed by atoms with Gasteiger partial charge in [-0.1, -0.05) is 67.6 Å². The first-order valence-corrected chi connectivity index (χ1v) is 9.93. The summed E-state index contributed by atoms with van der Waals surface area (Å²) >= 11 is 8.91. The van der Waals surface area contributed by atoms with Crippen molar-refractivity contribution in [1.82, 2.24) is 15.5 Å². The van der Waals surface area contributed by atoms with Crippen molar-refractivity contribution in [2.24, 2.45) is 5.92 Å². The average molecular weight is 399 g/mol. The Kier molecular flexibility index (Phi) is 7.22. The van der Waals surface area contributed by atoms with Crippen LogP contribution in [0.4, 0.5) is 5.13 Å². The van der Waals surface area contributed by atoms with Crippen LogP contribution in [0.25, 0.3) is 0 Å². The SMILES string of the molecule is CCSc1nnc(NC(=O)[C@@H](NC(=O)c2ccccc2Cl)C(C)C)s1. The first kappa shape index (κ1) is 19.7. The molecule has 0 bridgehead atoms. The van der Waals surface area contributed by atoms with Crippen molar-refractivity contribution in [1.29, 1.82) is 0 Å². The third-order valence-corrected chi connectivity index (χ3v) is 5.44. The van der Waals surface area contributed by atoms with Crippen molar-refractivity contribution >= 4 is 51.6 Å². The Balaban J connectivity index is 2.07. The van der Waals surface area contributed by atoms with Crippen LogP contribution in [0.1, 0.15) is 31.1 Å². The molecule has 134 valence electrons. The smallest absolute Gasteiger partial charge is 0.253 e. The number of nitrogens with zero attached hydrogens (tertiary/aromatic N) is 2. The van der Waals surface area contributed by atoms with E-state index in [1.165, 1.54) is 11.3 Å².